The van der Waals surface area contributed by atoms with Crippen LogP contribution in [0, 0.1) is 0 Å². The van der Waals surface area contributed by atoms with E-state index in [9.17, 15) is 4.79 Å². The van der Waals surface area contributed by atoms with Crippen LogP contribution in [0.2, 0.25) is 0 Å². The van der Waals surface area contributed by atoms with Crippen LogP contribution in [-0.2, 0) is 10.3 Å². The van der Waals surface area contributed by atoms with Gasteiger partial charge in [-0.25, -0.2) is 4.79 Å². The van der Waals surface area contributed by atoms with E-state index in [-0.39, 0.29) is 5.97 Å². The van der Waals surface area contributed by atoms with Crippen molar-refractivity contribution in [2.24, 2.45) is 0 Å². The van der Waals surface area contributed by atoms with Crippen LogP contribution in [0.1, 0.15) is 27.3 Å². The highest BCUT2D eigenvalue weighted by Gasteiger charge is 2.50. The van der Waals surface area contributed by atoms with Gasteiger partial charge >= 0.3 is 5.97 Å². The summed E-state index contributed by atoms with van der Waals surface area (Å²) in [6, 6.07) is 27.9. The number of fused-ring (bicyclic) bond motifs is 3. The van der Waals surface area contributed by atoms with Gasteiger partial charge in [0.1, 0.15) is 0 Å². The highest BCUT2D eigenvalue weighted by atomic mass is 16.6. The van der Waals surface area contributed by atoms with E-state index in [4.69, 9.17) is 4.74 Å². The van der Waals surface area contributed by atoms with Gasteiger partial charge in [0.2, 0.25) is 5.60 Å². The lowest BCUT2D eigenvalue weighted by molar-refractivity contribution is 0.0230. The summed E-state index contributed by atoms with van der Waals surface area (Å²) in [6.45, 7) is 0. The van der Waals surface area contributed by atoms with Crippen molar-refractivity contribution in [2.45, 2.75) is 5.60 Å². The minimum Gasteiger partial charge on any atom is -0.437 e. The Kier molecular flexibility index (Phi) is 2.93. The molecule has 4 heteroatoms. The smallest absolute Gasteiger partial charge is 0.340 e. The number of hydrogen-bond donors (Lipinski definition) is 2. The Balaban J connectivity index is 1.71. The number of ether oxygens (including phenoxy) is 1. The van der Waals surface area contributed by atoms with Crippen molar-refractivity contribution in [3.8, 4) is 0 Å². The van der Waals surface area contributed by atoms with E-state index >= 15 is 0 Å². The molecule has 0 aliphatic carbocycles. The van der Waals surface area contributed by atoms with Crippen LogP contribution >= 0.6 is 0 Å². The summed E-state index contributed by atoms with van der Waals surface area (Å²) in [5, 5.41) is 2.15. The minimum absolute atomic E-state index is 0.312. The third kappa shape index (κ3) is 1.92. The lowest BCUT2D eigenvalue weighted by atomic mass is 9.86. The third-order valence-electron chi connectivity index (χ3n) is 5.59. The molecule has 0 spiro atoms. The van der Waals surface area contributed by atoms with Gasteiger partial charge in [-0.3, -0.25) is 0 Å². The zero-order valence-electron chi connectivity index (χ0n) is 14.9. The van der Waals surface area contributed by atoms with E-state index < -0.39 is 5.60 Å². The van der Waals surface area contributed by atoms with E-state index in [0.717, 1.165) is 38.8 Å². The first-order valence-corrected chi connectivity index (χ1v) is 9.25. The SMILES string of the molecule is O=C1OC(c2cc3ccccc3[nH]2)(c2cc3ccccc3[nH]2)c2ccccc21. The third-order valence-corrected chi connectivity index (χ3v) is 5.59. The number of carbonyl (C=O) groups is 1. The summed E-state index contributed by atoms with van der Waals surface area (Å²) in [6.07, 6.45) is 0. The van der Waals surface area contributed by atoms with E-state index in [2.05, 4.69) is 34.2 Å². The fraction of sp³-hybridized carbons (Fsp3) is 0.0417. The largest absolute Gasteiger partial charge is 0.437 e. The lowest BCUT2D eigenvalue weighted by Crippen LogP contribution is -2.30. The zero-order chi connectivity index (χ0) is 18.7. The molecule has 1 aliphatic heterocycles. The highest BCUT2D eigenvalue weighted by molar-refractivity contribution is 5.97. The Morgan fingerprint density at radius 2 is 1.21 bits per heavy atom. The average Bonchev–Trinajstić information content (AvgIpc) is 3.42. The summed E-state index contributed by atoms with van der Waals surface area (Å²) in [7, 11) is 0. The maximum Gasteiger partial charge on any atom is 0.340 e. The van der Waals surface area contributed by atoms with Crippen molar-refractivity contribution in [3.05, 3.63) is 107 Å². The van der Waals surface area contributed by atoms with Crippen LogP contribution in [0.4, 0.5) is 0 Å². The quantitative estimate of drug-likeness (QED) is 0.428. The van der Waals surface area contributed by atoms with Crippen LogP contribution < -0.4 is 0 Å². The molecule has 0 radical (unpaired) electrons. The first kappa shape index (κ1) is 15.3. The van der Waals surface area contributed by atoms with Crippen molar-refractivity contribution >= 4 is 27.8 Å². The molecule has 2 aromatic heterocycles. The molecule has 6 rings (SSSR count). The Hall–Kier alpha value is -3.79. The van der Waals surface area contributed by atoms with Crippen LogP contribution in [-0.4, -0.2) is 15.9 Å². The average molecular weight is 364 g/mol. The maximum absolute atomic E-state index is 12.8. The van der Waals surface area contributed by atoms with Crippen molar-refractivity contribution in [3.63, 3.8) is 0 Å². The summed E-state index contributed by atoms with van der Waals surface area (Å²) in [5.74, 6) is -0.312. The number of para-hydroxylation sites is 2. The van der Waals surface area contributed by atoms with Crippen molar-refractivity contribution < 1.29 is 9.53 Å². The number of benzene rings is 3. The highest BCUT2D eigenvalue weighted by Crippen LogP contribution is 2.47. The fourth-order valence-corrected chi connectivity index (χ4v) is 4.29. The second kappa shape index (κ2) is 5.36. The van der Waals surface area contributed by atoms with Crippen LogP contribution in [0.3, 0.4) is 0 Å². The molecule has 0 unspecified atom stereocenters. The number of esters is 1. The van der Waals surface area contributed by atoms with Gasteiger partial charge in [-0.1, -0.05) is 54.6 Å². The van der Waals surface area contributed by atoms with Gasteiger partial charge in [0.15, 0.2) is 0 Å². The molecule has 0 atom stereocenters. The summed E-state index contributed by atoms with van der Waals surface area (Å²) in [5.41, 5.74) is 4.09. The molecule has 0 fully saturated rings. The first-order chi connectivity index (χ1) is 13.8. The number of cyclic esters (lactones) is 1. The van der Waals surface area contributed by atoms with Gasteiger partial charge < -0.3 is 14.7 Å². The van der Waals surface area contributed by atoms with Gasteiger partial charge in [-0.05, 0) is 41.1 Å². The fourth-order valence-electron chi connectivity index (χ4n) is 4.29. The van der Waals surface area contributed by atoms with Crippen LogP contribution in [0.5, 0.6) is 0 Å². The van der Waals surface area contributed by atoms with E-state index in [1.165, 1.54) is 0 Å². The Labute approximate surface area is 160 Å². The number of aromatic nitrogens is 2. The summed E-state index contributed by atoms with van der Waals surface area (Å²) in [4.78, 5) is 19.8. The van der Waals surface area contributed by atoms with Crippen LogP contribution in [0.25, 0.3) is 21.8 Å². The molecule has 0 amide bonds. The predicted molar refractivity (Wildman–Crippen MR) is 108 cm³/mol. The molecular weight excluding hydrogens is 348 g/mol. The number of hydrogen-bond acceptors (Lipinski definition) is 2. The Morgan fingerprint density at radius 1 is 0.679 bits per heavy atom. The van der Waals surface area contributed by atoms with Crippen molar-refractivity contribution in [1.82, 2.24) is 9.97 Å². The normalized spacial score (nSPS) is 15.1. The van der Waals surface area contributed by atoms with Crippen molar-refractivity contribution in [1.29, 1.82) is 0 Å². The Morgan fingerprint density at radius 3 is 1.82 bits per heavy atom. The number of carbonyl (C=O) groups excluding carboxylic acids is 1. The number of aromatic amines is 2. The van der Waals surface area contributed by atoms with Gasteiger partial charge in [0.25, 0.3) is 0 Å². The number of nitrogens with one attached hydrogen (secondary N) is 2. The van der Waals surface area contributed by atoms with Crippen LogP contribution in [0.15, 0.2) is 84.9 Å². The molecular formula is C24H16N2O2. The maximum atomic E-state index is 12.8. The zero-order valence-corrected chi connectivity index (χ0v) is 14.9. The molecule has 0 saturated heterocycles. The molecule has 4 nitrogen and oxygen atoms in total. The molecule has 3 heterocycles. The van der Waals surface area contributed by atoms with Gasteiger partial charge in [-0.2, -0.15) is 0 Å². The molecule has 2 N–H and O–H groups in total. The van der Waals surface area contributed by atoms with Gasteiger partial charge in [-0.15, -0.1) is 0 Å². The molecule has 0 saturated carbocycles. The van der Waals surface area contributed by atoms with Gasteiger partial charge in [0, 0.05) is 16.6 Å². The minimum atomic E-state index is -1.04. The predicted octanol–water partition coefficient (Wildman–Crippen LogP) is 5.11. The molecule has 5 aromatic rings. The monoisotopic (exact) mass is 364 g/mol. The second-order valence-corrected chi connectivity index (χ2v) is 7.16. The number of H-pyrrole nitrogens is 2. The first-order valence-electron chi connectivity index (χ1n) is 9.25. The van der Waals surface area contributed by atoms with E-state index in [1.807, 2.05) is 60.7 Å². The summed E-state index contributed by atoms with van der Waals surface area (Å²) < 4.78 is 6.15. The standard InChI is InChI=1S/C24H16N2O2/c27-23-17-9-3-4-10-18(17)24(28-23,21-13-15-7-1-5-11-19(15)25-21)22-14-16-8-2-6-12-20(16)26-22/h1-14,25-26H. The number of rotatable bonds is 2. The van der Waals surface area contributed by atoms with Crippen molar-refractivity contribution in [2.75, 3.05) is 0 Å². The Bertz CT molecular complexity index is 1240. The lowest BCUT2D eigenvalue weighted by Gasteiger charge is -2.27. The molecule has 3 aromatic carbocycles. The van der Waals surface area contributed by atoms with Gasteiger partial charge in [0.05, 0.1) is 17.0 Å². The second-order valence-electron chi connectivity index (χ2n) is 7.16. The molecule has 1 aliphatic rings. The molecule has 28 heavy (non-hydrogen) atoms. The summed E-state index contributed by atoms with van der Waals surface area (Å²) >= 11 is 0. The van der Waals surface area contributed by atoms with E-state index in [1.54, 1.807) is 0 Å². The molecule has 0 bridgehead atoms. The molecule has 134 valence electrons. The van der Waals surface area contributed by atoms with E-state index in [0.29, 0.717) is 5.56 Å². The topological polar surface area (TPSA) is 57.9 Å².